The van der Waals surface area contributed by atoms with E-state index in [1.807, 2.05) is 0 Å². The Kier molecular flexibility index (Phi) is 7.69. The predicted octanol–water partition coefficient (Wildman–Crippen LogP) is -0.748. The fourth-order valence-corrected chi connectivity index (χ4v) is 1.32. The molecule has 100 valence electrons. The van der Waals surface area contributed by atoms with E-state index >= 15 is 0 Å². The Balaban J connectivity index is 4.05. The van der Waals surface area contributed by atoms with Gasteiger partial charge in [0.25, 0.3) is 0 Å². The van der Waals surface area contributed by atoms with Crippen LogP contribution in [0.5, 0.6) is 0 Å². The van der Waals surface area contributed by atoms with Crippen LogP contribution in [0.2, 0.25) is 0 Å². The zero-order chi connectivity index (χ0) is 13.3. The standard InChI is InChI=1S/C11H20O6/c1-2-17-10(16)9(15)4-3-5-11(6-12,7-13)8-14/h12-14H,2-8H2,1H3. The third-order valence-corrected chi connectivity index (χ3v) is 2.62. The second kappa shape index (κ2) is 8.16. The van der Waals surface area contributed by atoms with E-state index in [4.69, 9.17) is 15.3 Å². The number of hydrogen-bond acceptors (Lipinski definition) is 6. The van der Waals surface area contributed by atoms with Crippen LogP contribution in [-0.4, -0.2) is 53.5 Å². The number of carbonyl (C=O) groups is 2. The molecular weight excluding hydrogens is 228 g/mol. The third kappa shape index (κ3) is 5.25. The normalized spacial score (nSPS) is 11.3. The maximum Gasteiger partial charge on any atom is 0.374 e. The van der Waals surface area contributed by atoms with Gasteiger partial charge in [0.15, 0.2) is 0 Å². The molecule has 0 bridgehead atoms. The number of ether oxygens (including phenoxy) is 1. The first-order chi connectivity index (χ1) is 8.05. The van der Waals surface area contributed by atoms with Gasteiger partial charge in [-0.15, -0.1) is 0 Å². The quantitative estimate of drug-likeness (QED) is 0.366. The fourth-order valence-electron chi connectivity index (χ4n) is 1.32. The summed E-state index contributed by atoms with van der Waals surface area (Å²) in [6, 6.07) is 0. The molecule has 0 spiro atoms. The molecule has 0 fully saturated rings. The Morgan fingerprint density at radius 2 is 1.65 bits per heavy atom. The van der Waals surface area contributed by atoms with Crippen LogP contribution in [0.15, 0.2) is 0 Å². The molecule has 0 atom stereocenters. The molecule has 6 nitrogen and oxygen atoms in total. The van der Waals surface area contributed by atoms with Crippen LogP contribution in [0.1, 0.15) is 26.2 Å². The Morgan fingerprint density at radius 1 is 1.12 bits per heavy atom. The molecule has 3 N–H and O–H groups in total. The Labute approximate surface area is 100 Å². The number of carbonyl (C=O) groups excluding carboxylic acids is 2. The van der Waals surface area contributed by atoms with Gasteiger partial charge in [0.1, 0.15) is 0 Å². The third-order valence-electron chi connectivity index (χ3n) is 2.62. The van der Waals surface area contributed by atoms with Crippen molar-refractivity contribution in [3.05, 3.63) is 0 Å². The molecule has 6 heteroatoms. The van der Waals surface area contributed by atoms with Gasteiger partial charge in [0, 0.05) is 11.8 Å². The lowest BCUT2D eigenvalue weighted by Crippen LogP contribution is -2.34. The van der Waals surface area contributed by atoms with Crippen molar-refractivity contribution in [3.63, 3.8) is 0 Å². The van der Waals surface area contributed by atoms with Crippen LogP contribution in [0.4, 0.5) is 0 Å². The van der Waals surface area contributed by atoms with Gasteiger partial charge in [0.2, 0.25) is 5.78 Å². The number of hydrogen-bond donors (Lipinski definition) is 3. The van der Waals surface area contributed by atoms with E-state index in [9.17, 15) is 9.59 Å². The molecule has 0 aliphatic heterocycles. The zero-order valence-corrected chi connectivity index (χ0v) is 10.0. The van der Waals surface area contributed by atoms with Crippen molar-refractivity contribution < 1.29 is 29.6 Å². The first-order valence-corrected chi connectivity index (χ1v) is 5.57. The van der Waals surface area contributed by atoms with E-state index in [0.29, 0.717) is 6.42 Å². The molecule has 0 aromatic rings. The van der Waals surface area contributed by atoms with Crippen molar-refractivity contribution in [2.24, 2.45) is 5.41 Å². The van der Waals surface area contributed by atoms with Gasteiger partial charge in [-0.25, -0.2) is 4.79 Å². The highest BCUT2D eigenvalue weighted by Crippen LogP contribution is 2.22. The van der Waals surface area contributed by atoms with Crippen LogP contribution in [0, 0.1) is 5.41 Å². The van der Waals surface area contributed by atoms with Gasteiger partial charge in [-0.05, 0) is 19.8 Å². The van der Waals surface area contributed by atoms with E-state index in [2.05, 4.69) is 4.74 Å². The van der Waals surface area contributed by atoms with Crippen LogP contribution < -0.4 is 0 Å². The summed E-state index contributed by atoms with van der Waals surface area (Å²) < 4.78 is 4.53. The topological polar surface area (TPSA) is 104 Å². The maximum atomic E-state index is 11.2. The molecule has 0 aliphatic carbocycles. The summed E-state index contributed by atoms with van der Waals surface area (Å²) in [5.74, 6) is -1.50. The van der Waals surface area contributed by atoms with Crippen molar-refractivity contribution in [1.82, 2.24) is 0 Å². The highest BCUT2D eigenvalue weighted by atomic mass is 16.5. The van der Waals surface area contributed by atoms with Crippen molar-refractivity contribution in [2.75, 3.05) is 26.4 Å². The molecule has 0 saturated heterocycles. The highest BCUT2D eigenvalue weighted by Gasteiger charge is 2.28. The lowest BCUT2D eigenvalue weighted by atomic mass is 9.85. The molecule has 0 rings (SSSR count). The number of esters is 1. The first kappa shape index (κ1) is 16.0. The van der Waals surface area contributed by atoms with E-state index in [1.54, 1.807) is 6.92 Å². The molecule has 0 heterocycles. The molecule has 0 radical (unpaired) electrons. The number of Topliss-reactive ketones (excluding diaryl/α,β-unsaturated/α-hetero) is 1. The van der Waals surface area contributed by atoms with Crippen LogP contribution >= 0.6 is 0 Å². The lowest BCUT2D eigenvalue weighted by molar-refractivity contribution is -0.153. The monoisotopic (exact) mass is 248 g/mol. The second-order valence-corrected chi connectivity index (χ2v) is 3.97. The summed E-state index contributed by atoms with van der Waals surface area (Å²) in [6.07, 6.45) is 0.557. The SMILES string of the molecule is CCOC(=O)C(=O)CCCC(CO)(CO)CO. The van der Waals surface area contributed by atoms with Crippen molar-refractivity contribution in [3.8, 4) is 0 Å². The van der Waals surface area contributed by atoms with E-state index in [0.717, 1.165) is 0 Å². The number of rotatable bonds is 9. The van der Waals surface area contributed by atoms with Gasteiger partial charge < -0.3 is 20.1 Å². The van der Waals surface area contributed by atoms with Gasteiger partial charge in [-0.2, -0.15) is 0 Å². The molecule has 17 heavy (non-hydrogen) atoms. The molecule has 0 aliphatic rings. The average Bonchev–Trinajstić information content (AvgIpc) is 2.35. The molecule has 0 aromatic carbocycles. The molecule has 0 amide bonds. The molecule has 0 unspecified atom stereocenters. The van der Waals surface area contributed by atoms with E-state index in [1.165, 1.54) is 0 Å². The van der Waals surface area contributed by atoms with Crippen LogP contribution in [0.25, 0.3) is 0 Å². The summed E-state index contributed by atoms with van der Waals surface area (Å²) >= 11 is 0. The number of aliphatic hydroxyl groups excluding tert-OH is 3. The summed E-state index contributed by atoms with van der Waals surface area (Å²) in [5.41, 5.74) is -0.991. The highest BCUT2D eigenvalue weighted by molar-refractivity contribution is 6.33. The Morgan fingerprint density at radius 3 is 2.06 bits per heavy atom. The number of aliphatic hydroxyl groups is 3. The van der Waals surface area contributed by atoms with Crippen molar-refractivity contribution in [1.29, 1.82) is 0 Å². The summed E-state index contributed by atoms with van der Waals surface area (Å²) in [7, 11) is 0. The molecule has 0 saturated carbocycles. The average molecular weight is 248 g/mol. The summed E-state index contributed by atoms with van der Waals surface area (Å²) in [4.78, 5) is 22.2. The first-order valence-electron chi connectivity index (χ1n) is 5.57. The minimum absolute atomic E-state index is 0.0133. The van der Waals surface area contributed by atoms with Crippen LogP contribution in [-0.2, 0) is 14.3 Å². The Bertz CT molecular complexity index is 238. The Hall–Kier alpha value is -0.980. The minimum Gasteiger partial charge on any atom is -0.460 e. The van der Waals surface area contributed by atoms with E-state index in [-0.39, 0.29) is 39.3 Å². The smallest absolute Gasteiger partial charge is 0.374 e. The lowest BCUT2D eigenvalue weighted by Gasteiger charge is -2.26. The van der Waals surface area contributed by atoms with Crippen molar-refractivity contribution in [2.45, 2.75) is 26.2 Å². The molecule has 0 aromatic heterocycles. The fraction of sp³-hybridized carbons (Fsp3) is 0.818. The summed E-state index contributed by atoms with van der Waals surface area (Å²) in [6.45, 7) is 0.659. The largest absolute Gasteiger partial charge is 0.460 e. The summed E-state index contributed by atoms with van der Waals surface area (Å²) in [5, 5.41) is 27.1. The molecular formula is C11H20O6. The number of ketones is 1. The van der Waals surface area contributed by atoms with Gasteiger partial charge in [-0.1, -0.05) is 0 Å². The van der Waals surface area contributed by atoms with E-state index < -0.39 is 17.2 Å². The predicted molar refractivity (Wildman–Crippen MR) is 59.2 cm³/mol. The second-order valence-electron chi connectivity index (χ2n) is 3.97. The zero-order valence-electron chi connectivity index (χ0n) is 10.0. The minimum atomic E-state index is -0.991. The van der Waals surface area contributed by atoms with Gasteiger partial charge >= 0.3 is 5.97 Å². The van der Waals surface area contributed by atoms with Crippen molar-refractivity contribution >= 4 is 11.8 Å². The maximum absolute atomic E-state index is 11.2. The van der Waals surface area contributed by atoms with Gasteiger partial charge in [0.05, 0.1) is 26.4 Å². The van der Waals surface area contributed by atoms with Crippen LogP contribution in [0.3, 0.4) is 0 Å². The van der Waals surface area contributed by atoms with Gasteiger partial charge in [-0.3, -0.25) is 4.79 Å².